The monoisotopic (exact) mass is 428 g/mol. The van der Waals surface area contributed by atoms with Crippen LogP contribution in [0.25, 0.3) is 0 Å². The second-order valence-corrected chi connectivity index (χ2v) is 8.56. The molecule has 0 unspecified atom stereocenters. The molecule has 0 bridgehead atoms. The molecule has 1 nitrogen and oxygen atoms in total. The topological polar surface area (TPSA) is 9.23 Å². The molecule has 0 amide bonds. The smallest absolute Gasteiger partial charge is 0.389 e. The second kappa shape index (κ2) is 17.5. The summed E-state index contributed by atoms with van der Waals surface area (Å²) in [7, 11) is 0. The van der Waals surface area contributed by atoms with Crippen LogP contribution in [0.5, 0.6) is 5.75 Å². The first-order valence-corrected chi connectivity index (χ1v) is 12.3. The number of halogens is 3. The van der Waals surface area contributed by atoms with Crippen molar-refractivity contribution in [3.05, 3.63) is 29.8 Å². The molecule has 0 saturated carbocycles. The van der Waals surface area contributed by atoms with Crippen molar-refractivity contribution < 1.29 is 17.9 Å². The van der Waals surface area contributed by atoms with E-state index in [1.54, 1.807) is 0 Å². The molecule has 0 aliphatic carbocycles. The van der Waals surface area contributed by atoms with Gasteiger partial charge in [0.05, 0.1) is 6.61 Å². The van der Waals surface area contributed by atoms with Gasteiger partial charge in [-0.05, 0) is 43.4 Å². The number of alkyl halides is 3. The Kier molecular flexibility index (Phi) is 15.6. The molecule has 0 fully saturated rings. The third-order valence-electron chi connectivity index (χ3n) is 5.62. The molecule has 0 atom stereocenters. The van der Waals surface area contributed by atoms with Gasteiger partial charge in [-0.3, -0.25) is 0 Å². The van der Waals surface area contributed by atoms with Gasteiger partial charge in [0, 0.05) is 6.42 Å². The summed E-state index contributed by atoms with van der Waals surface area (Å²) < 4.78 is 42.1. The Morgan fingerprint density at radius 2 is 1.13 bits per heavy atom. The quantitative estimate of drug-likeness (QED) is 0.199. The summed E-state index contributed by atoms with van der Waals surface area (Å²) in [6.45, 7) is 3.02. The Balaban J connectivity index is 1.93. The van der Waals surface area contributed by atoms with Crippen molar-refractivity contribution in [3.8, 4) is 5.75 Å². The normalized spacial score (nSPS) is 11.7. The van der Waals surface area contributed by atoms with Crippen molar-refractivity contribution in [1.82, 2.24) is 0 Å². The maximum Gasteiger partial charge on any atom is 0.389 e. The largest absolute Gasteiger partial charge is 0.494 e. The molecule has 1 aromatic rings. The summed E-state index contributed by atoms with van der Waals surface area (Å²) in [6, 6.07) is 8.01. The molecule has 0 aliphatic rings. The van der Waals surface area contributed by atoms with Crippen LogP contribution in [0.2, 0.25) is 0 Å². The summed E-state index contributed by atoms with van der Waals surface area (Å²) in [5.41, 5.74) is 1.17. The van der Waals surface area contributed by atoms with E-state index < -0.39 is 12.6 Å². The second-order valence-electron chi connectivity index (χ2n) is 8.56. The summed E-state index contributed by atoms with van der Waals surface area (Å²) in [4.78, 5) is 0. The number of hydrogen-bond donors (Lipinski definition) is 0. The van der Waals surface area contributed by atoms with E-state index in [9.17, 15) is 13.2 Å². The Hall–Kier alpha value is -1.19. The van der Waals surface area contributed by atoms with Crippen LogP contribution < -0.4 is 4.74 Å². The average molecular weight is 429 g/mol. The lowest BCUT2D eigenvalue weighted by atomic mass is 10.1. The molecule has 0 heterocycles. The van der Waals surface area contributed by atoms with Gasteiger partial charge >= 0.3 is 6.18 Å². The van der Waals surface area contributed by atoms with E-state index in [-0.39, 0.29) is 6.42 Å². The van der Waals surface area contributed by atoms with Gasteiger partial charge < -0.3 is 4.74 Å². The number of unbranched alkanes of at least 4 members (excludes halogenated alkanes) is 13. The maximum atomic E-state index is 12.1. The predicted molar refractivity (Wildman–Crippen MR) is 121 cm³/mol. The van der Waals surface area contributed by atoms with E-state index in [0.29, 0.717) is 6.42 Å². The molecule has 1 rings (SSSR count). The minimum Gasteiger partial charge on any atom is -0.494 e. The number of hydrogen-bond acceptors (Lipinski definition) is 1. The number of rotatable bonds is 19. The van der Waals surface area contributed by atoms with Crippen molar-refractivity contribution in [2.45, 2.75) is 122 Å². The van der Waals surface area contributed by atoms with Crippen molar-refractivity contribution >= 4 is 0 Å². The third kappa shape index (κ3) is 16.6. The van der Waals surface area contributed by atoms with Gasteiger partial charge in [0.1, 0.15) is 5.75 Å². The highest BCUT2D eigenvalue weighted by Gasteiger charge is 2.25. The minimum atomic E-state index is -4.02. The Labute approximate surface area is 182 Å². The fourth-order valence-electron chi connectivity index (χ4n) is 3.72. The van der Waals surface area contributed by atoms with Crippen molar-refractivity contribution in [3.63, 3.8) is 0 Å². The molecular weight excluding hydrogens is 385 g/mol. The average Bonchev–Trinajstić information content (AvgIpc) is 2.71. The van der Waals surface area contributed by atoms with E-state index in [1.807, 2.05) is 24.3 Å². The molecular formula is C26H43F3O. The van der Waals surface area contributed by atoms with Crippen LogP contribution in [0, 0.1) is 0 Å². The molecule has 0 N–H and O–H groups in total. The first-order valence-electron chi connectivity index (χ1n) is 12.3. The van der Waals surface area contributed by atoms with Gasteiger partial charge in [-0.2, -0.15) is 13.2 Å². The van der Waals surface area contributed by atoms with Crippen LogP contribution in [0.15, 0.2) is 24.3 Å². The van der Waals surface area contributed by atoms with Crippen LogP contribution in [0.3, 0.4) is 0 Å². The van der Waals surface area contributed by atoms with Gasteiger partial charge in [-0.15, -0.1) is 0 Å². The highest BCUT2D eigenvalue weighted by atomic mass is 19.4. The summed E-state index contributed by atoms with van der Waals surface area (Å²) in [5, 5.41) is 0. The molecule has 0 spiro atoms. The van der Waals surface area contributed by atoms with E-state index in [0.717, 1.165) is 31.6 Å². The third-order valence-corrected chi connectivity index (χ3v) is 5.62. The van der Waals surface area contributed by atoms with E-state index in [4.69, 9.17) is 4.74 Å². The zero-order valence-corrected chi connectivity index (χ0v) is 19.1. The zero-order chi connectivity index (χ0) is 21.9. The van der Waals surface area contributed by atoms with E-state index in [1.165, 1.54) is 76.2 Å². The molecule has 174 valence electrons. The first-order chi connectivity index (χ1) is 14.5. The Morgan fingerprint density at radius 3 is 1.67 bits per heavy atom. The van der Waals surface area contributed by atoms with E-state index >= 15 is 0 Å². The molecule has 0 aromatic heterocycles. The van der Waals surface area contributed by atoms with Gasteiger partial charge in [0.15, 0.2) is 0 Å². The van der Waals surface area contributed by atoms with Crippen molar-refractivity contribution in [2.24, 2.45) is 0 Å². The number of ether oxygens (including phenoxy) is 1. The molecule has 0 radical (unpaired) electrons. The Morgan fingerprint density at radius 1 is 0.633 bits per heavy atom. The van der Waals surface area contributed by atoms with Gasteiger partial charge in [0.25, 0.3) is 0 Å². The van der Waals surface area contributed by atoms with Crippen LogP contribution in [0.4, 0.5) is 13.2 Å². The molecule has 0 aliphatic heterocycles. The standard InChI is InChI=1S/C26H43F3O/c1-2-3-4-5-6-7-8-9-10-11-12-16-23-30-25-20-18-24(19-21-25)17-14-13-15-22-26(27,28)29/h18-21H,2-17,22-23H2,1H3. The highest BCUT2D eigenvalue weighted by Crippen LogP contribution is 2.23. The van der Waals surface area contributed by atoms with Crippen LogP contribution in [-0.2, 0) is 6.42 Å². The van der Waals surface area contributed by atoms with Gasteiger partial charge in [-0.1, -0.05) is 96.1 Å². The minimum absolute atomic E-state index is 0.226. The zero-order valence-electron chi connectivity index (χ0n) is 19.1. The maximum absolute atomic E-state index is 12.1. The Bertz CT molecular complexity index is 496. The fourth-order valence-corrected chi connectivity index (χ4v) is 3.72. The number of aryl methyl sites for hydroxylation is 1. The molecule has 1 aromatic carbocycles. The molecule has 0 saturated heterocycles. The fraction of sp³-hybridized carbons (Fsp3) is 0.769. The molecule has 4 heteroatoms. The summed E-state index contributed by atoms with van der Waals surface area (Å²) in [5.74, 6) is 0.888. The highest BCUT2D eigenvalue weighted by molar-refractivity contribution is 5.27. The first kappa shape index (κ1) is 26.8. The lowest BCUT2D eigenvalue weighted by Gasteiger charge is -2.08. The van der Waals surface area contributed by atoms with E-state index in [2.05, 4.69) is 6.92 Å². The van der Waals surface area contributed by atoms with Crippen LogP contribution in [-0.4, -0.2) is 12.8 Å². The number of benzene rings is 1. The predicted octanol–water partition coefficient (Wildman–Crippen LogP) is 9.43. The summed E-state index contributed by atoms with van der Waals surface area (Å²) >= 11 is 0. The van der Waals surface area contributed by atoms with Crippen molar-refractivity contribution in [2.75, 3.05) is 6.61 Å². The SMILES string of the molecule is CCCCCCCCCCCCCCOc1ccc(CCCCCC(F)(F)F)cc1. The van der Waals surface area contributed by atoms with Crippen molar-refractivity contribution in [1.29, 1.82) is 0 Å². The molecule has 30 heavy (non-hydrogen) atoms. The lowest BCUT2D eigenvalue weighted by Crippen LogP contribution is -2.06. The summed E-state index contributed by atoms with van der Waals surface area (Å²) in [6.07, 6.45) is 13.8. The van der Waals surface area contributed by atoms with Gasteiger partial charge in [-0.25, -0.2) is 0 Å². The van der Waals surface area contributed by atoms with Crippen LogP contribution in [0.1, 0.15) is 115 Å². The lowest BCUT2D eigenvalue weighted by molar-refractivity contribution is -0.135. The van der Waals surface area contributed by atoms with Gasteiger partial charge in [0.2, 0.25) is 0 Å². The van der Waals surface area contributed by atoms with Crippen LogP contribution >= 0.6 is 0 Å².